The van der Waals surface area contributed by atoms with Gasteiger partial charge < -0.3 is 15.5 Å². The number of aromatic nitrogens is 2. The van der Waals surface area contributed by atoms with Crippen LogP contribution in [0.4, 0.5) is 11.6 Å². The molecule has 6 nitrogen and oxygen atoms in total. The first-order chi connectivity index (χ1) is 9.75. The summed E-state index contributed by atoms with van der Waals surface area (Å²) in [5.41, 5.74) is 2.58. The number of hydrazine groups is 1. The van der Waals surface area contributed by atoms with E-state index in [0.29, 0.717) is 30.9 Å². The van der Waals surface area contributed by atoms with Gasteiger partial charge in [0.2, 0.25) is 0 Å². The lowest BCUT2D eigenvalue weighted by molar-refractivity contribution is 0.128. The molecule has 1 heterocycles. The molecule has 1 aliphatic carbocycles. The summed E-state index contributed by atoms with van der Waals surface area (Å²) in [6, 6.07) is 2.30. The number of nitrogens with two attached hydrogens (primary N) is 1. The number of hydrogen-bond acceptors (Lipinski definition) is 6. The number of nitrogens with one attached hydrogen (secondary N) is 2. The monoisotopic (exact) mass is 279 g/mol. The third-order valence-corrected chi connectivity index (χ3v) is 3.52. The van der Waals surface area contributed by atoms with E-state index in [1.165, 1.54) is 19.3 Å². The fraction of sp³-hybridized carbons (Fsp3) is 0.714. The molecular formula is C14H25N5O. The van der Waals surface area contributed by atoms with Crippen molar-refractivity contribution in [2.24, 2.45) is 11.8 Å². The van der Waals surface area contributed by atoms with Gasteiger partial charge in [-0.25, -0.2) is 15.8 Å². The molecule has 0 amide bonds. The minimum Gasteiger partial charge on any atom is -0.374 e. The number of nitrogens with zero attached hydrogens (tertiary/aromatic N) is 2. The van der Waals surface area contributed by atoms with Crippen molar-refractivity contribution in [2.75, 3.05) is 17.3 Å². The maximum Gasteiger partial charge on any atom is 0.158 e. The van der Waals surface area contributed by atoms with Gasteiger partial charge in [0, 0.05) is 18.7 Å². The summed E-state index contributed by atoms with van der Waals surface area (Å²) in [5.74, 6) is 8.42. The summed E-state index contributed by atoms with van der Waals surface area (Å²) >= 11 is 0. The van der Waals surface area contributed by atoms with E-state index in [4.69, 9.17) is 10.6 Å². The second-order valence-corrected chi connectivity index (χ2v) is 5.26. The van der Waals surface area contributed by atoms with Crippen LogP contribution in [0.15, 0.2) is 6.07 Å². The van der Waals surface area contributed by atoms with Gasteiger partial charge in [0.1, 0.15) is 18.2 Å². The first-order valence-electron chi connectivity index (χ1n) is 7.44. The molecule has 1 aromatic rings. The normalized spacial score (nSPS) is 15.9. The molecule has 1 fully saturated rings. The van der Waals surface area contributed by atoms with Crippen molar-refractivity contribution >= 4 is 11.6 Å². The number of anilines is 2. The summed E-state index contributed by atoms with van der Waals surface area (Å²) in [5, 5.41) is 3.49. The summed E-state index contributed by atoms with van der Waals surface area (Å²) in [4.78, 5) is 8.78. The van der Waals surface area contributed by atoms with Gasteiger partial charge in [-0.1, -0.05) is 19.8 Å². The zero-order valence-electron chi connectivity index (χ0n) is 12.4. The molecule has 1 unspecified atom stereocenters. The molecule has 4 N–H and O–H groups in total. The Hall–Kier alpha value is -1.40. The van der Waals surface area contributed by atoms with Crippen LogP contribution in [0.1, 0.15) is 45.4 Å². The Morgan fingerprint density at radius 1 is 1.35 bits per heavy atom. The molecule has 1 aromatic heterocycles. The average Bonchev–Trinajstić information content (AvgIpc) is 3.28. The third kappa shape index (κ3) is 4.61. The van der Waals surface area contributed by atoms with Crippen LogP contribution in [-0.2, 0) is 11.3 Å². The van der Waals surface area contributed by atoms with E-state index in [1.54, 1.807) is 0 Å². The van der Waals surface area contributed by atoms with E-state index >= 15 is 0 Å². The Morgan fingerprint density at radius 3 is 2.70 bits per heavy atom. The van der Waals surface area contributed by atoms with E-state index < -0.39 is 0 Å². The number of ether oxygens (including phenoxy) is 1. The first kappa shape index (κ1) is 15.0. The van der Waals surface area contributed by atoms with Crippen LogP contribution in [-0.4, -0.2) is 22.6 Å². The maximum absolute atomic E-state index is 5.46. The Kier molecular flexibility index (Phi) is 5.55. The number of nitrogen functional groups attached to an aromatic ring is 1. The fourth-order valence-electron chi connectivity index (χ4n) is 2.20. The van der Waals surface area contributed by atoms with E-state index in [9.17, 15) is 0 Å². The molecule has 0 spiro atoms. The van der Waals surface area contributed by atoms with E-state index in [1.807, 2.05) is 13.0 Å². The summed E-state index contributed by atoms with van der Waals surface area (Å²) in [6.07, 6.45) is 5.04. The van der Waals surface area contributed by atoms with Crippen molar-refractivity contribution in [2.45, 2.75) is 52.2 Å². The second-order valence-electron chi connectivity index (χ2n) is 5.26. The van der Waals surface area contributed by atoms with Crippen molar-refractivity contribution in [3.8, 4) is 0 Å². The average molecular weight is 279 g/mol. The highest BCUT2D eigenvalue weighted by molar-refractivity contribution is 5.47. The van der Waals surface area contributed by atoms with Crippen LogP contribution in [0.2, 0.25) is 0 Å². The van der Waals surface area contributed by atoms with Gasteiger partial charge in [-0.15, -0.1) is 0 Å². The van der Waals surface area contributed by atoms with Crippen LogP contribution in [0.3, 0.4) is 0 Å². The summed E-state index contributed by atoms with van der Waals surface area (Å²) in [7, 11) is 0. The zero-order valence-corrected chi connectivity index (χ0v) is 12.4. The highest BCUT2D eigenvalue weighted by Gasteiger charge is 2.24. The molecule has 0 radical (unpaired) electrons. The highest BCUT2D eigenvalue weighted by Crippen LogP contribution is 2.34. The molecule has 0 saturated heterocycles. The van der Waals surface area contributed by atoms with Gasteiger partial charge in [-0.05, 0) is 25.7 Å². The second kappa shape index (κ2) is 7.40. The van der Waals surface area contributed by atoms with Crippen molar-refractivity contribution in [1.82, 2.24) is 9.97 Å². The Morgan fingerprint density at radius 2 is 2.10 bits per heavy atom. The largest absolute Gasteiger partial charge is 0.374 e. The predicted molar refractivity (Wildman–Crippen MR) is 80.2 cm³/mol. The van der Waals surface area contributed by atoms with Crippen LogP contribution in [0.5, 0.6) is 0 Å². The van der Waals surface area contributed by atoms with E-state index in [2.05, 4.69) is 27.6 Å². The third-order valence-electron chi connectivity index (χ3n) is 3.52. The topological polar surface area (TPSA) is 85.1 Å². The summed E-state index contributed by atoms with van der Waals surface area (Å²) < 4.78 is 5.36. The van der Waals surface area contributed by atoms with Gasteiger partial charge in [0.15, 0.2) is 5.82 Å². The van der Waals surface area contributed by atoms with Gasteiger partial charge in [-0.2, -0.15) is 0 Å². The molecule has 2 rings (SSSR count). The molecule has 0 bridgehead atoms. The van der Waals surface area contributed by atoms with Gasteiger partial charge in [-0.3, -0.25) is 0 Å². The minimum atomic E-state index is 0.403. The van der Waals surface area contributed by atoms with Crippen LogP contribution in [0, 0.1) is 5.92 Å². The Labute approximate surface area is 120 Å². The smallest absolute Gasteiger partial charge is 0.158 e. The molecule has 1 saturated carbocycles. The Bertz CT molecular complexity index is 422. The van der Waals surface area contributed by atoms with Gasteiger partial charge >= 0.3 is 0 Å². The SMILES string of the molecule is CCOCc1nc(NN)cc(NC(CC)CC2CC2)n1. The molecule has 1 aliphatic rings. The van der Waals surface area contributed by atoms with Crippen molar-refractivity contribution < 1.29 is 4.74 Å². The van der Waals surface area contributed by atoms with Crippen molar-refractivity contribution in [3.63, 3.8) is 0 Å². The lowest BCUT2D eigenvalue weighted by atomic mass is 10.1. The molecule has 112 valence electrons. The molecular weight excluding hydrogens is 254 g/mol. The summed E-state index contributed by atoms with van der Waals surface area (Å²) in [6.45, 7) is 5.20. The maximum atomic E-state index is 5.46. The lowest BCUT2D eigenvalue weighted by Crippen LogP contribution is -2.21. The zero-order chi connectivity index (χ0) is 14.4. The van der Waals surface area contributed by atoms with Crippen molar-refractivity contribution in [3.05, 3.63) is 11.9 Å². The first-order valence-corrected chi connectivity index (χ1v) is 7.44. The number of hydrogen-bond donors (Lipinski definition) is 3. The molecule has 0 aliphatic heterocycles. The number of rotatable bonds is 9. The molecule has 6 heteroatoms. The highest BCUT2D eigenvalue weighted by atomic mass is 16.5. The standard InChI is InChI=1S/C14H25N5O/c1-3-11(7-10-5-6-10)16-12-8-13(19-15)18-14(17-12)9-20-4-2/h8,10-11H,3-7,9,15H2,1-2H3,(H2,16,17,18,19). The molecule has 20 heavy (non-hydrogen) atoms. The quantitative estimate of drug-likeness (QED) is 0.475. The van der Waals surface area contributed by atoms with Gasteiger partial charge in [0.05, 0.1) is 0 Å². The van der Waals surface area contributed by atoms with Crippen molar-refractivity contribution in [1.29, 1.82) is 0 Å². The van der Waals surface area contributed by atoms with E-state index in [0.717, 1.165) is 18.2 Å². The van der Waals surface area contributed by atoms with Gasteiger partial charge in [0.25, 0.3) is 0 Å². The molecule has 0 aromatic carbocycles. The molecule has 1 atom stereocenters. The van der Waals surface area contributed by atoms with Crippen LogP contribution < -0.4 is 16.6 Å². The fourth-order valence-corrected chi connectivity index (χ4v) is 2.20. The Balaban J connectivity index is 2.03. The lowest BCUT2D eigenvalue weighted by Gasteiger charge is -2.18. The predicted octanol–water partition coefficient (Wildman–Crippen LogP) is 2.29. The van der Waals surface area contributed by atoms with Crippen LogP contribution in [0.25, 0.3) is 0 Å². The van der Waals surface area contributed by atoms with E-state index in [-0.39, 0.29) is 0 Å². The minimum absolute atomic E-state index is 0.403. The van der Waals surface area contributed by atoms with Crippen LogP contribution >= 0.6 is 0 Å².